The lowest BCUT2D eigenvalue weighted by Crippen LogP contribution is -2.31. The van der Waals surface area contributed by atoms with Gasteiger partial charge in [-0.2, -0.15) is 10.1 Å². The molecule has 23 heavy (non-hydrogen) atoms. The molecule has 2 aromatic heterocycles. The van der Waals surface area contributed by atoms with E-state index in [4.69, 9.17) is 4.42 Å². The fourth-order valence-electron chi connectivity index (χ4n) is 2.76. The summed E-state index contributed by atoms with van der Waals surface area (Å²) >= 11 is 0. The number of amides is 1. The second kappa shape index (κ2) is 5.05. The van der Waals surface area contributed by atoms with Crippen LogP contribution in [0.5, 0.6) is 0 Å². The summed E-state index contributed by atoms with van der Waals surface area (Å²) < 4.78 is 7.57. The number of benzene rings is 1. The molecule has 0 saturated heterocycles. The van der Waals surface area contributed by atoms with E-state index in [1.54, 1.807) is 10.8 Å². The quantitative estimate of drug-likeness (QED) is 0.786. The summed E-state index contributed by atoms with van der Waals surface area (Å²) in [5, 5.41) is 4.18. The first-order valence-electron chi connectivity index (χ1n) is 7.39. The minimum absolute atomic E-state index is 0.0540. The van der Waals surface area contributed by atoms with Crippen LogP contribution in [0.15, 0.2) is 40.1 Å². The largest absolute Gasteiger partial charge is 0.423 e. The standard InChI is InChI=1S/C16H15N5O2/c1-9-7-14(22)19-20-15(9)11-3-4-13-12(8-11)18-16(23-13)21-6-5-17-10(21)2/h3-6,8-9H,7H2,1-2H3,(H,19,22). The maximum Gasteiger partial charge on any atom is 0.308 e. The van der Waals surface area contributed by atoms with Gasteiger partial charge in [0, 0.05) is 30.3 Å². The molecule has 1 atom stereocenters. The molecule has 0 bridgehead atoms. The molecule has 1 amide bonds. The summed E-state index contributed by atoms with van der Waals surface area (Å²) in [6.07, 6.45) is 3.95. The number of carbonyl (C=O) groups excluding carboxylic acids is 1. The molecule has 0 aliphatic carbocycles. The fraction of sp³-hybridized carbons (Fsp3) is 0.250. The molecule has 3 heterocycles. The van der Waals surface area contributed by atoms with Gasteiger partial charge in [-0.05, 0) is 25.1 Å². The van der Waals surface area contributed by atoms with E-state index in [-0.39, 0.29) is 11.8 Å². The van der Waals surface area contributed by atoms with Crippen LogP contribution in [0.2, 0.25) is 0 Å². The van der Waals surface area contributed by atoms with E-state index in [2.05, 4.69) is 20.5 Å². The van der Waals surface area contributed by atoms with Gasteiger partial charge in [0.25, 0.3) is 0 Å². The molecule has 0 radical (unpaired) electrons. The van der Waals surface area contributed by atoms with Crippen LogP contribution in [-0.2, 0) is 4.79 Å². The maximum absolute atomic E-state index is 11.4. The minimum Gasteiger partial charge on any atom is -0.423 e. The van der Waals surface area contributed by atoms with Crippen molar-refractivity contribution in [2.45, 2.75) is 20.3 Å². The normalized spacial score (nSPS) is 18.1. The Morgan fingerprint density at radius 3 is 3.00 bits per heavy atom. The average Bonchev–Trinajstić information content (AvgIpc) is 3.11. The Hall–Kier alpha value is -2.96. The van der Waals surface area contributed by atoms with E-state index in [1.807, 2.05) is 38.2 Å². The van der Waals surface area contributed by atoms with E-state index in [9.17, 15) is 4.79 Å². The molecule has 1 aromatic carbocycles. The molecule has 1 aliphatic heterocycles. The molecule has 4 rings (SSSR count). The van der Waals surface area contributed by atoms with Crippen molar-refractivity contribution in [3.05, 3.63) is 42.0 Å². The Morgan fingerprint density at radius 1 is 1.39 bits per heavy atom. The first kappa shape index (κ1) is 13.7. The number of hydrogen-bond acceptors (Lipinski definition) is 5. The highest BCUT2D eigenvalue weighted by atomic mass is 16.4. The number of hydrazone groups is 1. The molecular weight excluding hydrogens is 294 g/mol. The van der Waals surface area contributed by atoms with E-state index >= 15 is 0 Å². The van der Waals surface area contributed by atoms with E-state index in [0.717, 1.165) is 22.6 Å². The van der Waals surface area contributed by atoms with Crippen molar-refractivity contribution in [2.24, 2.45) is 11.0 Å². The van der Waals surface area contributed by atoms with Crippen LogP contribution in [0.1, 0.15) is 24.7 Å². The molecule has 1 unspecified atom stereocenters. The number of nitrogens with one attached hydrogen (secondary N) is 1. The Balaban J connectivity index is 1.77. The van der Waals surface area contributed by atoms with Crippen LogP contribution < -0.4 is 5.43 Å². The topological polar surface area (TPSA) is 85.3 Å². The van der Waals surface area contributed by atoms with Crippen LogP contribution in [0.25, 0.3) is 17.1 Å². The molecule has 1 aliphatic rings. The van der Waals surface area contributed by atoms with Gasteiger partial charge in [-0.25, -0.2) is 10.4 Å². The number of fused-ring (bicyclic) bond motifs is 1. The van der Waals surface area contributed by atoms with Gasteiger partial charge in [-0.3, -0.25) is 9.36 Å². The van der Waals surface area contributed by atoms with E-state index in [1.165, 1.54) is 0 Å². The van der Waals surface area contributed by atoms with Crippen molar-refractivity contribution in [2.75, 3.05) is 0 Å². The monoisotopic (exact) mass is 309 g/mol. The van der Waals surface area contributed by atoms with Gasteiger partial charge in [0.15, 0.2) is 5.58 Å². The lowest BCUT2D eigenvalue weighted by molar-refractivity contribution is -0.121. The number of carbonyl (C=O) groups is 1. The number of hydrogen-bond donors (Lipinski definition) is 1. The molecule has 0 saturated carbocycles. The number of nitrogens with zero attached hydrogens (tertiary/aromatic N) is 4. The molecule has 7 nitrogen and oxygen atoms in total. The maximum atomic E-state index is 11.4. The zero-order chi connectivity index (χ0) is 16.0. The Morgan fingerprint density at radius 2 is 2.26 bits per heavy atom. The van der Waals surface area contributed by atoms with Crippen LogP contribution in [0, 0.1) is 12.8 Å². The Bertz CT molecular complexity index is 937. The third-order valence-electron chi connectivity index (χ3n) is 3.96. The van der Waals surface area contributed by atoms with Crippen LogP contribution >= 0.6 is 0 Å². The number of rotatable bonds is 2. The van der Waals surface area contributed by atoms with Gasteiger partial charge < -0.3 is 4.42 Å². The molecular formula is C16H15N5O2. The SMILES string of the molecule is Cc1nccn1-c1nc2cc(C3=NNC(=O)CC3C)ccc2o1. The molecule has 0 fully saturated rings. The van der Waals surface area contributed by atoms with Crippen molar-refractivity contribution in [3.63, 3.8) is 0 Å². The predicted octanol–water partition coefficient (Wildman–Crippen LogP) is 2.18. The summed E-state index contributed by atoms with van der Waals surface area (Å²) in [4.78, 5) is 20.1. The van der Waals surface area contributed by atoms with Gasteiger partial charge in [0.05, 0.1) is 5.71 Å². The van der Waals surface area contributed by atoms with Gasteiger partial charge in [-0.1, -0.05) is 6.92 Å². The van der Waals surface area contributed by atoms with Gasteiger partial charge in [-0.15, -0.1) is 0 Å². The lowest BCUT2D eigenvalue weighted by atomic mass is 9.94. The van der Waals surface area contributed by atoms with Crippen molar-refractivity contribution >= 4 is 22.7 Å². The van der Waals surface area contributed by atoms with Crippen LogP contribution in [-0.4, -0.2) is 26.2 Å². The number of oxazole rings is 1. The fourth-order valence-corrected chi connectivity index (χ4v) is 2.76. The highest BCUT2D eigenvalue weighted by molar-refractivity contribution is 6.07. The number of aryl methyl sites for hydroxylation is 1. The third-order valence-corrected chi connectivity index (χ3v) is 3.96. The van der Waals surface area contributed by atoms with E-state index in [0.29, 0.717) is 18.0 Å². The Labute approximate surface area is 132 Å². The molecule has 7 heteroatoms. The van der Waals surface area contributed by atoms with Crippen LogP contribution in [0.4, 0.5) is 0 Å². The first-order chi connectivity index (χ1) is 11.1. The summed E-state index contributed by atoms with van der Waals surface area (Å²) in [6.45, 7) is 3.88. The number of aromatic nitrogens is 3. The second-order valence-corrected chi connectivity index (χ2v) is 5.66. The number of imidazole rings is 1. The zero-order valence-electron chi connectivity index (χ0n) is 12.8. The molecule has 116 valence electrons. The molecule has 1 N–H and O–H groups in total. The molecule has 3 aromatic rings. The average molecular weight is 309 g/mol. The van der Waals surface area contributed by atoms with Crippen molar-refractivity contribution in [1.82, 2.24) is 20.0 Å². The summed E-state index contributed by atoms with van der Waals surface area (Å²) in [5.41, 5.74) is 5.78. The minimum atomic E-state index is -0.0540. The lowest BCUT2D eigenvalue weighted by Gasteiger charge is -2.18. The van der Waals surface area contributed by atoms with Crippen molar-refractivity contribution in [3.8, 4) is 6.01 Å². The molecule has 0 spiro atoms. The zero-order valence-corrected chi connectivity index (χ0v) is 12.8. The highest BCUT2D eigenvalue weighted by Gasteiger charge is 2.22. The smallest absolute Gasteiger partial charge is 0.308 e. The van der Waals surface area contributed by atoms with Crippen LogP contribution in [0.3, 0.4) is 0 Å². The third kappa shape index (κ3) is 2.30. The highest BCUT2D eigenvalue weighted by Crippen LogP contribution is 2.23. The Kier molecular flexibility index (Phi) is 3.00. The summed E-state index contributed by atoms with van der Waals surface area (Å²) in [7, 11) is 0. The summed E-state index contributed by atoms with van der Waals surface area (Å²) in [5.74, 6) is 0.829. The second-order valence-electron chi connectivity index (χ2n) is 5.66. The van der Waals surface area contributed by atoms with Gasteiger partial charge in [0.1, 0.15) is 11.3 Å². The van der Waals surface area contributed by atoms with E-state index < -0.39 is 0 Å². The van der Waals surface area contributed by atoms with Gasteiger partial charge >= 0.3 is 6.01 Å². The summed E-state index contributed by atoms with van der Waals surface area (Å²) in [6, 6.07) is 6.23. The first-order valence-corrected chi connectivity index (χ1v) is 7.39. The predicted molar refractivity (Wildman–Crippen MR) is 84.3 cm³/mol. The van der Waals surface area contributed by atoms with Gasteiger partial charge in [0.2, 0.25) is 5.91 Å². The van der Waals surface area contributed by atoms with Crippen molar-refractivity contribution < 1.29 is 9.21 Å². The van der Waals surface area contributed by atoms with Crippen molar-refractivity contribution in [1.29, 1.82) is 0 Å².